The van der Waals surface area contributed by atoms with E-state index in [-0.39, 0.29) is 32.1 Å². The van der Waals surface area contributed by atoms with Gasteiger partial charge in [0.25, 0.3) is 0 Å². The fourth-order valence-electron chi connectivity index (χ4n) is 7.10. The Balaban J connectivity index is 3.52. The molecule has 9 nitrogen and oxygen atoms in total. The molecule has 0 bridgehead atoms. The van der Waals surface area contributed by atoms with Gasteiger partial charge >= 0.3 is 13.8 Å². The Hall–Kier alpha value is -1.77. The number of unbranched alkanes of at least 4 members (excludes halogenated alkanes) is 28. The summed E-state index contributed by atoms with van der Waals surface area (Å²) in [5, 5.41) is 12.7. The maximum absolute atomic E-state index is 12.1. The molecule has 10 heteroatoms. The van der Waals surface area contributed by atoms with Gasteiger partial charge < -0.3 is 20.1 Å². The standard InChI is InChI=1S/C50H94NO8P/c1-3-5-7-9-11-13-15-17-19-20-21-22-23-24-25-26-27-29-30-32-34-36-38-40-42-49(53)51-44-45-58-60(55,56)59-47-48(52)46-57-50(54)43-41-39-37-35-33-31-28-18-16-14-12-10-8-6-4-2/h6,8,12,14,18,28,48,52H,3-5,7,9-11,13,15-17,19-27,29-47H2,1-2H3,(H,51,53)(H,55,56)/b8-6-,14-12-,28-18-. The number of hydrogen-bond donors (Lipinski definition) is 3. The number of carbonyl (C=O) groups excluding carboxylic acids is 2. The number of rotatable bonds is 47. The molecule has 60 heavy (non-hydrogen) atoms. The van der Waals surface area contributed by atoms with Gasteiger partial charge in [0.15, 0.2) is 0 Å². The number of amides is 1. The maximum Gasteiger partial charge on any atom is 0.472 e. The Morgan fingerprint density at radius 3 is 1.43 bits per heavy atom. The van der Waals surface area contributed by atoms with Crippen molar-refractivity contribution in [3.8, 4) is 0 Å². The Morgan fingerprint density at radius 2 is 0.950 bits per heavy atom. The van der Waals surface area contributed by atoms with Crippen LogP contribution < -0.4 is 5.32 Å². The minimum absolute atomic E-state index is 0.0821. The molecular weight excluding hydrogens is 774 g/mol. The third kappa shape index (κ3) is 47.3. The Morgan fingerprint density at radius 1 is 0.533 bits per heavy atom. The van der Waals surface area contributed by atoms with Gasteiger partial charge in [-0.2, -0.15) is 0 Å². The molecule has 0 aromatic carbocycles. The van der Waals surface area contributed by atoms with Crippen LogP contribution in [-0.2, 0) is 27.9 Å². The molecule has 2 unspecified atom stereocenters. The number of ether oxygens (including phenoxy) is 1. The summed E-state index contributed by atoms with van der Waals surface area (Å²) in [4.78, 5) is 34.0. The van der Waals surface area contributed by atoms with Gasteiger partial charge in [0.05, 0.1) is 13.2 Å². The molecule has 0 aliphatic carbocycles. The van der Waals surface area contributed by atoms with E-state index in [0.717, 1.165) is 70.6 Å². The van der Waals surface area contributed by atoms with E-state index in [4.69, 9.17) is 13.8 Å². The van der Waals surface area contributed by atoms with Crippen molar-refractivity contribution in [2.75, 3.05) is 26.4 Å². The number of aliphatic hydroxyl groups is 1. The minimum Gasteiger partial charge on any atom is -0.463 e. The van der Waals surface area contributed by atoms with E-state index >= 15 is 0 Å². The van der Waals surface area contributed by atoms with Crippen LogP contribution in [0.3, 0.4) is 0 Å². The first-order chi connectivity index (χ1) is 29.3. The molecule has 0 fully saturated rings. The van der Waals surface area contributed by atoms with Gasteiger partial charge in [0.1, 0.15) is 12.7 Å². The molecule has 0 aromatic heterocycles. The number of esters is 1. The Kier molecular flexibility index (Phi) is 45.3. The zero-order valence-electron chi connectivity index (χ0n) is 38.9. The number of carbonyl (C=O) groups is 2. The van der Waals surface area contributed by atoms with E-state index in [1.807, 2.05) is 0 Å². The van der Waals surface area contributed by atoms with Crippen molar-refractivity contribution < 1.29 is 37.9 Å². The van der Waals surface area contributed by atoms with Crippen molar-refractivity contribution in [3.05, 3.63) is 36.5 Å². The van der Waals surface area contributed by atoms with Gasteiger partial charge in [-0.05, 0) is 44.9 Å². The van der Waals surface area contributed by atoms with Crippen molar-refractivity contribution in [2.45, 2.75) is 245 Å². The molecule has 0 aromatic rings. The third-order valence-electron chi connectivity index (χ3n) is 10.8. The molecule has 0 heterocycles. The average Bonchev–Trinajstić information content (AvgIpc) is 3.23. The van der Waals surface area contributed by atoms with Crippen LogP contribution in [0.1, 0.15) is 239 Å². The van der Waals surface area contributed by atoms with Crippen molar-refractivity contribution in [1.29, 1.82) is 0 Å². The van der Waals surface area contributed by atoms with E-state index in [2.05, 4.69) is 55.6 Å². The molecule has 352 valence electrons. The predicted molar refractivity (Wildman–Crippen MR) is 252 cm³/mol. The van der Waals surface area contributed by atoms with E-state index in [9.17, 15) is 24.2 Å². The first kappa shape index (κ1) is 58.2. The molecule has 1 amide bonds. The Bertz CT molecular complexity index is 1080. The van der Waals surface area contributed by atoms with Gasteiger partial charge in [0, 0.05) is 19.4 Å². The molecule has 0 saturated heterocycles. The zero-order valence-corrected chi connectivity index (χ0v) is 39.8. The summed E-state index contributed by atoms with van der Waals surface area (Å²) < 4.78 is 26.9. The quantitative estimate of drug-likeness (QED) is 0.0238. The smallest absolute Gasteiger partial charge is 0.463 e. The van der Waals surface area contributed by atoms with Crippen LogP contribution in [0.4, 0.5) is 0 Å². The molecule has 0 aliphatic heterocycles. The van der Waals surface area contributed by atoms with E-state index in [1.165, 1.54) is 135 Å². The lowest BCUT2D eigenvalue weighted by molar-refractivity contribution is -0.147. The van der Waals surface area contributed by atoms with Crippen LogP contribution in [-0.4, -0.2) is 54.3 Å². The number of phosphoric ester groups is 1. The highest BCUT2D eigenvalue weighted by atomic mass is 31.2. The topological polar surface area (TPSA) is 131 Å². The number of nitrogens with one attached hydrogen (secondary N) is 1. The van der Waals surface area contributed by atoms with Crippen LogP contribution in [0.2, 0.25) is 0 Å². The fraction of sp³-hybridized carbons (Fsp3) is 0.840. The summed E-state index contributed by atoms with van der Waals surface area (Å²) in [6, 6.07) is 0. The second-order valence-electron chi connectivity index (χ2n) is 16.8. The van der Waals surface area contributed by atoms with Crippen LogP contribution in [0.15, 0.2) is 36.5 Å². The predicted octanol–water partition coefficient (Wildman–Crippen LogP) is 14.5. The van der Waals surface area contributed by atoms with Crippen molar-refractivity contribution in [1.82, 2.24) is 5.32 Å². The van der Waals surface area contributed by atoms with Crippen LogP contribution in [0, 0.1) is 0 Å². The first-order valence-electron chi connectivity index (χ1n) is 25.0. The first-order valence-corrected chi connectivity index (χ1v) is 26.5. The molecule has 0 aliphatic rings. The molecule has 0 saturated carbocycles. The zero-order chi connectivity index (χ0) is 43.9. The summed E-state index contributed by atoms with van der Waals surface area (Å²) in [5.41, 5.74) is 0. The number of aliphatic hydroxyl groups excluding tert-OH is 1. The summed E-state index contributed by atoms with van der Waals surface area (Å²) in [6.45, 7) is 3.46. The second kappa shape index (κ2) is 46.7. The lowest BCUT2D eigenvalue weighted by Gasteiger charge is -2.15. The lowest BCUT2D eigenvalue weighted by Crippen LogP contribution is -2.27. The summed E-state index contributed by atoms with van der Waals surface area (Å²) in [7, 11) is -4.42. The van der Waals surface area contributed by atoms with E-state index < -0.39 is 26.5 Å². The van der Waals surface area contributed by atoms with Gasteiger partial charge in [-0.15, -0.1) is 0 Å². The average molecular weight is 868 g/mol. The van der Waals surface area contributed by atoms with Crippen molar-refractivity contribution >= 4 is 19.7 Å². The SMILES string of the molecule is CC/C=C\C/C=C\C/C=C\CCCCCCCC(=O)OCC(O)COP(=O)(O)OCCNC(=O)CCCCCCCCCCCCCCCCCCCCCCCCCC. The van der Waals surface area contributed by atoms with Crippen LogP contribution in [0.5, 0.6) is 0 Å². The Labute approximate surface area is 369 Å². The molecule has 3 N–H and O–H groups in total. The highest BCUT2D eigenvalue weighted by molar-refractivity contribution is 7.47. The number of phosphoric acid groups is 1. The van der Waals surface area contributed by atoms with Gasteiger partial charge in [-0.25, -0.2) is 4.57 Å². The van der Waals surface area contributed by atoms with Gasteiger partial charge in [-0.3, -0.25) is 18.6 Å². The monoisotopic (exact) mass is 868 g/mol. The fourth-order valence-corrected chi connectivity index (χ4v) is 7.86. The summed E-state index contributed by atoms with van der Waals surface area (Å²) >= 11 is 0. The largest absolute Gasteiger partial charge is 0.472 e. The minimum atomic E-state index is -4.42. The number of allylic oxidation sites excluding steroid dienone is 6. The van der Waals surface area contributed by atoms with Gasteiger partial charge in [-0.1, -0.05) is 217 Å². The summed E-state index contributed by atoms with van der Waals surface area (Å²) in [6.07, 6.45) is 53.8. The molecule has 0 spiro atoms. The third-order valence-corrected chi connectivity index (χ3v) is 11.8. The lowest BCUT2D eigenvalue weighted by atomic mass is 10.0. The summed E-state index contributed by atoms with van der Waals surface area (Å²) in [5.74, 6) is -0.526. The van der Waals surface area contributed by atoms with E-state index in [0.29, 0.717) is 12.8 Å². The molecule has 2 atom stereocenters. The van der Waals surface area contributed by atoms with Crippen LogP contribution >= 0.6 is 7.82 Å². The van der Waals surface area contributed by atoms with Crippen molar-refractivity contribution in [3.63, 3.8) is 0 Å². The maximum atomic E-state index is 12.1. The van der Waals surface area contributed by atoms with Crippen LogP contribution in [0.25, 0.3) is 0 Å². The van der Waals surface area contributed by atoms with Gasteiger partial charge in [0.2, 0.25) is 5.91 Å². The highest BCUT2D eigenvalue weighted by Gasteiger charge is 2.23. The normalized spacial score (nSPS) is 13.5. The highest BCUT2D eigenvalue weighted by Crippen LogP contribution is 2.42. The molecule has 0 radical (unpaired) electrons. The number of hydrogen-bond acceptors (Lipinski definition) is 7. The molecule has 0 rings (SSSR count). The molecular formula is C50H94NO8P. The van der Waals surface area contributed by atoms with E-state index in [1.54, 1.807) is 0 Å². The van der Waals surface area contributed by atoms with Crippen molar-refractivity contribution in [2.24, 2.45) is 0 Å². The second-order valence-corrected chi connectivity index (χ2v) is 18.2.